The molecule has 0 saturated carbocycles. The fourth-order valence-corrected chi connectivity index (χ4v) is 4.97. The van der Waals surface area contributed by atoms with Crippen LogP contribution in [0.3, 0.4) is 0 Å². The third kappa shape index (κ3) is 6.68. The van der Waals surface area contributed by atoms with Gasteiger partial charge in [0.25, 0.3) is 5.91 Å². The van der Waals surface area contributed by atoms with Crippen LogP contribution in [-0.2, 0) is 16.0 Å². The van der Waals surface area contributed by atoms with Crippen LogP contribution in [0.4, 0.5) is 0 Å². The zero-order valence-corrected chi connectivity index (χ0v) is 23.4. The van der Waals surface area contributed by atoms with E-state index in [9.17, 15) is 14.4 Å². The van der Waals surface area contributed by atoms with Gasteiger partial charge in [-0.1, -0.05) is 13.3 Å². The fourth-order valence-electron chi connectivity index (χ4n) is 4.97. The predicted octanol–water partition coefficient (Wildman–Crippen LogP) is 4.67. The molecule has 1 saturated heterocycles. The van der Waals surface area contributed by atoms with E-state index in [2.05, 4.69) is 12.2 Å². The second-order valence-corrected chi connectivity index (χ2v) is 10.4. The highest BCUT2D eigenvalue weighted by Crippen LogP contribution is 2.25. The summed E-state index contributed by atoms with van der Waals surface area (Å²) in [7, 11) is 1.31. The molecule has 1 amide bonds. The van der Waals surface area contributed by atoms with Crippen molar-refractivity contribution < 1.29 is 23.9 Å². The highest BCUT2D eigenvalue weighted by Gasteiger charge is 2.24. The molecule has 2 aromatic heterocycles. The summed E-state index contributed by atoms with van der Waals surface area (Å²) in [6.45, 7) is 7.63. The third-order valence-corrected chi connectivity index (χ3v) is 7.23. The number of unbranched alkanes of at least 4 members (excludes halogenated alkanes) is 1. The minimum atomic E-state index is -0.470. The Morgan fingerprint density at radius 3 is 2.41 bits per heavy atom. The molecule has 0 spiro atoms. The lowest BCUT2D eigenvalue weighted by Gasteiger charge is -2.25. The van der Waals surface area contributed by atoms with E-state index in [0.29, 0.717) is 16.8 Å². The van der Waals surface area contributed by atoms with E-state index in [1.165, 1.54) is 12.0 Å². The maximum atomic E-state index is 13.8. The number of piperidine rings is 1. The molecule has 0 radical (unpaired) electrons. The summed E-state index contributed by atoms with van der Waals surface area (Å²) in [5, 5.41) is 3.34. The van der Waals surface area contributed by atoms with E-state index in [-0.39, 0.29) is 30.4 Å². The maximum absolute atomic E-state index is 13.8. The third-order valence-electron chi connectivity index (χ3n) is 7.23. The summed E-state index contributed by atoms with van der Waals surface area (Å²) in [5.41, 5.74) is 3.38. The van der Waals surface area contributed by atoms with Crippen LogP contribution in [0, 0.1) is 0 Å². The molecule has 1 aliphatic heterocycles. The SMILES string of the molecule is CCCCc1cc2cc(C(=O)N(CC(=O)OC)C(C)C)ccn2c1C(=O)c1ccc(OC2CCNCC2)cc1. The lowest BCUT2D eigenvalue weighted by Crippen LogP contribution is -2.41. The molecule has 0 bridgehead atoms. The number of ether oxygens (including phenoxy) is 2. The van der Waals surface area contributed by atoms with Crippen molar-refractivity contribution >= 4 is 23.2 Å². The number of ketones is 1. The maximum Gasteiger partial charge on any atom is 0.325 e. The molecule has 8 heteroatoms. The van der Waals surface area contributed by atoms with Crippen molar-refractivity contribution in [3.63, 3.8) is 0 Å². The number of carbonyl (C=O) groups is 3. The number of hydrogen-bond donors (Lipinski definition) is 1. The molecule has 8 nitrogen and oxygen atoms in total. The van der Waals surface area contributed by atoms with E-state index in [4.69, 9.17) is 9.47 Å². The molecule has 1 N–H and O–H groups in total. The van der Waals surface area contributed by atoms with Gasteiger partial charge in [-0.25, -0.2) is 0 Å². The van der Waals surface area contributed by atoms with Crippen molar-refractivity contribution in [3.05, 3.63) is 71.0 Å². The fraction of sp³-hybridized carbons (Fsp3) is 0.452. The van der Waals surface area contributed by atoms with Gasteiger partial charge >= 0.3 is 5.97 Å². The number of carbonyl (C=O) groups excluding carboxylic acids is 3. The van der Waals surface area contributed by atoms with Crippen LogP contribution in [0.25, 0.3) is 5.52 Å². The normalized spacial score (nSPS) is 14.0. The first kappa shape index (κ1) is 28.4. The highest BCUT2D eigenvalue weighted by molar-refractivity contribution is 6.10. The van der Waals surface area contributed by atoms with Crippen molar-refractivity contribution in [1.82, 2.24) is 14.6 Å². The van der Waals surface area contributed by atoms with Gasteiger partial charge in [-0.15, -0.1) is 0 Å². The van der Waals surface area contributed by atoms with Crippen molar-refractivity contribution in [1.29, 1.82) is 0 Å². The summed E-state index contributed by atoms with van der Waals surface area (Å²) in [5.74, 6) is -0.0216. The Morgan fingerprint density at radius 1 is 1.05 bits per heavy atom. The average molecular weight is 534 g/mol. The summed E-state index contributed by atoms with van der Waals surface area (Å²) in [6, 6.07) is 12.7. The Morgan fingerprint density at radius 2 is 1.77 bits per heavy atom. The van der Waals surface area contributed by atoms with Crippen LogP contribution in [-0.4, -0.2) is 65.9 Å². The summed E-state index contributed by atoms with van der Waals surface area (Å²) in [6.07, 6.45) is 6.63. The molecule has 1 aromatic carbocycles. The van der Waals surface area contributed by atoms with Gasteiger partial charge in [0, 0.05) is 28.9 Å². The van der Waals surface area contributed by atoms with Crippen LogP contribution in [0.15, 0.2) is 48.7 Å². The Labute approximate surface area is 230 Å². The molecular weight excluding hydrogens is 494 g/mol. The quantitative estimate of drug-likeness (QED) is 0.285. The number of pyridine rings is 1. The molecule has 4 rings (SSSR count). The number of fused-ring (bicyclic) bond motifs is 1. The first-order chi connectivity index (χ1) is 18.8. The number of aryl methyl sites for hydroxylation is 1. The van der Waals surface area contributed by atoms with Gasteiger partial charge < -0.3 is 24.1 Å². The summed E-state index contributed by atoms with van der Waals surface area (Å²) in [4.78, 5) is 40.5. The molecule has 3 aromatic rings. The number of rotatable bonds is 11. The standard InChI is InChI=1S/C31H39N3O5/c1-5-6-7-23-18-25-19-24(31(37)34(21(2)3)20-28(35)38-4)14-17-33(25)29(23)30(36)22-8-10-26(11-9-22)39-27-12-15-32-16-13-27/h8-11,14,17-19,21,27,32H,5-7,12-13,15-16,20H2,1-4H3. The largest absolute Gasteiger partial charge is 0.490 e. The van der Waals surface area contributed by atoms with Crippen molar-refractivity contribution in [3.8, 4) is 5.75 Å². The monoisotopic (exact) mass is 533 g/mol. The number of amides is 1. The number of hydrogen-bond acceptors (Lipinski definition) is 6. The van der Waals surface area contributed by atoms with E-state index in [0.717, 1.165) is 62.0 Å². The number of nitrogens with one attached hydrogen (secondary N) is 1. The Hall–Kier alpha value is -3.65. The number of nitrogens with zero attached hydrogens (tertiary/aromatic N) is 2. The van der Waals surface area contributed by atoms with E-state index < -0.39 is 5.97 Å². The first-order valence-electron chi connectivity index (χ1n) is 13.9. The van der Waals surface area contributed by atoms with Crippen LogP contribution < -0.4 is 10.1 Å². The molecule has 208 valence electrons. The van der Waals surface area contributed by atoms with Crippen molar-refractivity contribution in [2.75, 3.05) is 26.7 Å². The number of methoxy groups -OCH3 is 1. The lowest BCUT2D eigenvalue weighted by molar-refractivity contribution is -0.141. The van der Waals surface area contributed by atoms with Gasteiger partial charge in [0.05, 0.1) is 12.8 Å². The lowest BCUT2D eigenvalue weighted by atomic mass is 10.0. The first-order valence-corrected chi connectivity index (χ1v) is 13.9. The zero-order valence-electron chi connectivity index (χ0n) is 23.4. The molecule has 3 heterocycles. The van der Waals surface area contributed by atoms with Gasteiger partial charge in [-0.2, -0.15) is 0 Å². The van der Waals surface area contributed by atoms with Crippen LogP contribution in [0.1, 0.15) is 78.4 Å². The minimum Gasteiger partial charge on any atom is -0.490 e. The van der Waals surface area contributed by atoms with E-state index >= 15 is 0 Å². The molecular formula is C31H39N3O5. The van der Waals surface area contributed by atoms with Crippen molar-refractivity contribution in [2.45, 2.75) is 65.0 Å². The van der Waals surface area contributed by atoms with E-state index in [1.54, 1.807) is 18.3 Å². The van der Waals surface area contributed by atoms with Gasteiger partial charge in [0.2, 0.25) is 5.78 Å². The zero-order chi connectivity index (χ0) is 27.9. The van der Waals surface area contributed by atoms with Crippen LogP contribution in [0.5, 0.6) is 5.75 Å². The van der Waals surface area contributed by atoms with E-state index in [1.807, 2.05) is 48.6 Å². The molecule has 1 aliphatic rings. The molecule has 39 heavy (non-hydrogen) atoms. The number of benzene rings is 1. The second-order valence-electron chi connectivity index (χ2n) is 10.4. The highest BCUT2D eigenvalue weighted by atomic mass is 16.5. The summed E-state index contributed by atoms with van der Waals surface area (Å²) < 4.78 is 12.7. The van der Waals surface area contributed by atoms with Gasteiger partial charge in [-0.05, 0) is 101 Å². The Balaban J connectivity index is 1.62. The number of aromatic nitrogens is 1. The van der Waals surface area contributed by atoms with Gasteiger partial charge in [-0.3, -0.25) is 14.4 Å². The van der Waals surface area contributed by atoms with Crippen molar-refractivity contribution in [2.24, 2.45) is 0 Å². The average Bonchev–Trinajstić information content (AvgIpc) is 3.32. The Bertz CT molecular complexity index is 1310. The molecule has 0 atom stereocenters. The van der Waals surface area contributed by atoms with Crippen LogP contribution in [0.2, 0.25) is 0 Å². The molecule has 1 fully saturated rings. The van der Waals surface area contributed by atoms with Gasteiger partial charge in [0.1, 0.15) is 18.4 Å². The second kappa shape index (κ2) is 12.9. The Kier molecular flexibility index (Phi) is 9.41. The molecule has 0 aliphatic carbocycles. The smallest absolute Gasteiger partial charge is 0.325 e. The van der Waals surface area contributed by atoms with Crippen LogP contribution >= 0.6 is 0 Å². The molecule has 0 unspecified atom stereocenters. The van der Waals surface area contributed by atoms with Gasteiger partial charge in [0.15, 0.2) is 0 Å². The minimum absolute atomic E-state index is 0.0666. The summed E-state index contributed by atoms with van der Waals surface area (Å²) >= 11 is 0. The topological polar surface area (TPSA) is 89.4 Å². The number of esters is 1. The predicted molar refractivity (Wildman–Crippen MR) is 151 cm³/mol.